The molecule has 0 bridgehead atoms. The minimum absolute atomic E-state index is 0.187. The van der Waals surface area contributed by atoms with Gasteiger partial charge in [0.15, 0.2) is 0 Å². The molecule has 20 heavy (non-hydrogen) atoms. The number of benzene rings is 1. The molecule has 5 heteroatoms. The molecule has 0 aliphatic carbocycles. The summed E-state index contributed by atoms with van der Waals surface area (Å²) in [6, 6.07) is 11.0. The Hall–Kier alpha value is -1.17. The van der Waals surface area contributed by atoms with E-state index in [-0.39, 0.29) is 6.04 Å². The van der Waals surface area contributed by atoms with E-state index in [9.17, 15) is 0 Å². The van der Waals surface area contributed by atoms with E-state index >= 15 is 0 Å². The molecule has 2 rings (SSSR count). The number of halogens is 1. The molecule has 1 atom stereocenters. The van der Waals surface area contributed by atoms with E-state index in [4.69, 9.17) is 5.84 Å². The molecule has 4 nitrogen and oxygen atoms in total. The number of hydrogen-bond donors (Lipinski definition) is 2. The smallest absolute Gasteiger partial charge is 0.0640 e. The van der Waals surface area contributed by atoms with Crippen molar-refractivity contribution < 1.29 is 0 Å². The first-order chi connectivity index (χ1) is 9.58. The Morgan fingerprint density at radius 1 is 1.20 bits per heavy atom. The zero-order chi connectivity index (χ0) is 14.5. The van der Waals surface area contributed by atoms with E-state index in [1.54, 1.807) is 0 Å². The first-order valence-electron chi connectivity index (χ1n) is 6.83. The van der Waals surface area contributed by atoms with Gasteiger partial charge in [-0.05, 0) is 44.0 Å². The van der Waals surface area contributed by atoms with Crippen LogP contribution < -0.4 is 11.3 Å². The van der Waals surface area contributed by atoms with E-state index in [0.29, 0.717) is 6.04 Å². The summed E-state index contributed by atoms with van der Waals surface area (Å²) in [6.07, 6.45) is 3.73. The summed E-state index contributed by atoms with van der Waals surface area (Å²) in [5.41, 5.74) is 5.22. The largest absolute Gasteiger partial charge is 0.271 e. The molecule has 2 aromatic rings. The lowest BCUT2D eigenvalue weighted by Crippen LogP contribution is -2.38. The summed E-state index contributed by atoms with van der Waals surface area (Å²) >= 11 is 3.45. The highest BCUT2D eigenvalue weighted by Gasteiger charge is 2.11. The molecule has 0 saturated carbocycles. The van der Waals surface area contributed by atoms with Gasteiger partial charge in [-0.3, -0.25) is 16.0 Å². The number of hydrogen-bond acceptors (Lipinski definition) is 3. The number of nitrogens with one attached hydrogen (secondary N) is 1. The lowest BCUT2D eigenvalue weighted by Gasteiger charge is -2.15. The highest BCUT2D eigenvalue weighted by molar-refractivity contribution is 9.10. The summed E-state index contributed by atoms with van der Waals surface area (Å²) in [7, 11) is 0. The maximum absolute atomic E-state index is 5.67. The molecule has 0 radical (unpaired) electrons. The zero-order valence-electron chi connectivity index (χ0n) is 11.9. The minimum Gasteiger partial charge on any atom is -0.271 e. The van der Waals surface area contributed by atoms with Gasteiger partial charge < -0.3 is 0 Å². The topological polar surface area (TPSA) is 55.9 Å². The highest BCUT2D eigenvalue weighted by atomic mass is 79.9. The molecule has 1 heterocycles. The molecule has 108 valence electrons. The van der Waals surface area contributed by atoms with Gasteiger partial charge >= 0.3 is 0 Å². The van der Waals surface area contributed by atoms with E-state index in [0.717, 1.165) is 23.0 Å². The summed E-state index contributed by atoms with van der Waals surface area (Å²) in [5, 5.41) is 4.57. The van der Waals surface area contributed by atoms with Crippen LogP contribution >= 0.6 is 15.9 Å². The van der Waals surface area contributed by atoms with Crippen molar-refractivity contribution in [3.05, 3.63) is 52.3 Å². The summed E-state index contributed by atoms with van der Waals surface area (Å²) in [5.74, 6) is 5.67. The molecule has 0 aliphatic rings. The number of nitrogens with zero attached hydrogens (tertiary/aromatic N) is 2. The van der Waals surface area contributed by atoms with Crippen molar-refractivity contribution in [3.8, 4) is 0 Å². The molecular formula is C15H21BrN4. The van der Waals surface area contributed by atoms with E-state index in [1.807, 2.05) is 10.9 Å². The maximum Gasteiger partial charge on any atom is 0.0640 e. The molecule has 0 spiro atoms. The highest BCUT2D eigenvalue weighted by Crippen LogP contribution is 2.13. The fraction of sp³-hybridized carbons (Fsp3) is 0.400. The fourth-order valence-electron chi connectivity index (χ4n) is 2.12. The van der Waals surface area contributed by atoms with Crippen LogP contribution in [0.5, 0.6) is 0 Å². The van der Waals surface area contributed by atoms with E-state index < -0.39 is 0 Å². The third-order valence-corrected chi connectivity index (χ3v) is 3.81. The van der Waals surface area contributed by atoms with Gasteiger partial charge in [0, 0.05) is 29.2 Å². The van der Waals surface area contributed by atoms with Crippen LogP contribution in [0.4, 0.5) is 0 Å². The van der Waals surface area contributed by atoms with Crippen molar-refractivity contribution in [2.75, 3.05) is 0 Å². The SMILES string of the molecule is CC(C)n1ccc(CC(Cc2ccc(Br)cc2)NN)n1. The number of nitrogens with two attached hydrogens (primary N) is 1. The van der Waals surface area contributed by atoms with Gasteiger partial charge in [0.2, 0.25) is 0 Å². The Morgan fingerprint density at radius 3 is 2.45 bits per heavy atom. The van der Waals surface area contributed by atoms with Gasteiger partial charge in [0.1, 0.15) is 0 Å². The second kappa shape index (κ2) is 7.02. The number of aromatic nitrogens is 2. The molecule has 0 saturated heterocycles. The van der Waals surface area contributed by atoms with Gasteiger partial charge in [-0.1, -0.05) is 28.1 Å². The Bertz CT molecular complexity index is 533. The summed E-state index contributed by atoms with van der Waals surface area (Å²) in [4.78, 5) is 0. The van der Waals surface area contributed by atoms with Gasteiger partial charge in [-0.15, -0.1) is 0 Å². The van der Waals surface area contributed by atoms with Crippen molar-refractivity contribution >= 4 is 15.9 Å². The van der Waals surface area contributed by atoms with Crippen LogP contribution in [0.1, 0.15) is 31.1 Å². The van der Waals surface area contributed by atoms with Gasteiger partial charge in [0.25, 0.3) is 0 Å². The molecule has 0 fully saturated rings. The predicted octanol–water partition coefficient (Wildman–Crippen LogP) is 2.84. The molecule has 0 aliphatic heterocycles. The quantitative estimate of drug-likeness (QED) is 0.630. The van der Waals surface area contributed by atoms with Crippen LogP contribution in [0.25, 0.3) is 0 Å². The fourth-order valence-corrected chi connectivity index (χ4v) is 2.39. The predicted molar refractivity (Wildman–Crippen MR) is 85.3 cm³/mol. The Labute approximate surface area is 128 Å². The molecule has 0 amide bonds. The normalized spacial score (nSPS) is 12.8. The van der Waals surface area contributed by atoms with Crippen molar-refractivity contribution in [1.29, 1.82) is 0 Å². The van der Waals surface area contributed by atoms with E-state index in [2.05, 4.69) is 70.6 Å². The maximum atomic E-state index is 5.67. The molecular weight excluding hydrogens is 316 g/mol. The van der Waals surface area contributed by atoms with Crippen molar-refractivity contribution in [2.45, 2.75) is 38.8 Å². The molecule has 1 aromatic heterocycles. The van der Waals surface area contributed by atoms with Crippen LogP contribution in [0.2, 0.25) is 0 Å². The van der Waals surface area contributed by atoms with Gasteiger partial charge in [-0.2, -0.15) is 5.10 Å². The monoisotopic (exact) mass is 336 g/mol. The van der Waals surface area contributed by atoms with Crippen LogP contribution in [0.3, 0.4) is 0 Å². The second-order valence-electron chi connectivity index (χ2n) is 5.28. The Balaban J connectivity index is 1.99. The van der Waals surface area contributed by atoms with Crippen molar-refractivity contribution in [2.24, 2.45) is 5.84 Å². The van der Waals surface area contributed by atoms with Gasteiger partial charge in [-0.25, -0.2) is 0 Å². The molecule has 1 aromatic carbocycles. The molecule has 1 unspecified atom stereocenters. The van der Waals surface area contributed by atoms with Crippen LogP contribution in [0.15, 0.2) is 41.0 Å². The number of hydrazine groups is 1. The third kappa shape index (κ3) is 4.16. The third-order valence-electron chi connectivity index (χ3n) is 3.28. The first kappa shape index (κ1) is 15.2. The van der Waals surface area contributed by atoms with E-state index in [1.165, 1.54) is 5.56 Å². The summed E-state index contributed by atoms with van der Waals surface area (Å²) < 4.78 is 3.07. The lowest BCUT2D eigenvalue weighted by atomic mass is 10.0. The zero-order valence-corrected chi connectivity index (χ0v) is 13.5. The first-order valence-corrected chi connectivity index (χ1v) is 7.62. The van der Waals surface area contributed by atoms with Crippen LogP contribution in [-0.4, -0.2) is 15.8 Å². The second-order valence-corrected chi connectivity index (χ2v) is 6.19. The number of rotatable bonds is 6. The summed E-state index contributed by atoms with van der Waals surface area (Å²) in [6.45, 7) is 4.24. The van der Waals surface area contributed by atoms with Crippen LogP contribution in [-0.2, 0) is 12.8 Å². The Kier molecular flexibility index (Phi) is 5.34. The van der Waals surface area contributed by atoms with Gasteiger partial charge in [0.05, 0.1) is 5.69 Å². The van der Waals surface area contributed by atoms with Crippen molar-refractivity contribution in [3.63, 3.8) is 0 Å². The average molecular weight is 337 g/mol. The van der Waals surface area contributed by atoms with Crippen molar-refractivity contribution in [1.82, 2.24) is 15.2 Å². The lowest BCUT2D eigenvalue weighted by molar-refractivity contribution is 0.495. The minimum atomic E-state index is 0.187. The Morgan fingerprint density at radius 2 is 1.90 bits per heavy atom. The average Bonchev–Trinajstić information content (AvgIpc) is 2.89. The van der Waals surface area contributed by atoms with Crippen LogP contribution in [0, 0.1) is 0 Å². The molecule has 3 N–H and O–H groups in total. The standard InChI is InChI=1S/C15H21BrN4/c1-11(2)20-8-7-14(19-20)10-15(18-17)9-12-3-5-13(16)6-4-12/h3-8,11,15,18H,9-10,17H2,1-2H3.